The van der Waals surface area contributed by atoms with E-state index in [4.69, 9.17) is 4.74 Å². The van der Waals surface area contributed by atoms with Crippen molar-refractivity contribution < 1.29 is 33.7 Å². The van der Waals surface area contributed by atoms with Crippen LogP contribution >= 0.6 is 15.9 Å². The van der Waals surface area contributed by atoms with E-state index in [0.29, 0.717) is 24.8 Å². The number of aliphatic hydroxyl groups excluding tert-OH is 2. The van der Waals surface area contributed by atoms with Gasteiger partial charge in [-0.2, -0.15) is 0 Å². The fraction of sp³-hybridized carbons (Fsp3) is 0.741. The van der Waals surface area contributed by atoms with Gasteiger partial charge in [-0.05, 0) is 56.3 Å². The largest absolute Gasteiger partial charge is 0.450 e. The van der Waals surface area contributed by atoms with Crippen molar-refractivity contribution in [2.45, 2.75) is 88.4 Å². The summed E-state index contributed by atoms with van der Waals surface area (Å²) in [4.78, 5) is 38.1. The van der Waals surface area contributed by atoms with Crippen LogP contribution in [0.3, 0.4) is 0 Å². The van der Waals surface area contributed by atoms with Crippen LogP contribution in [0.5, 0.6) is 0 Å². The number of esters is 1. The van der Waals surface area contributed by atoms with Gasteiger partial charge in [0.2, 0.25) is 5.78 Å². The fourth-order valence-electron chi connectivity index (χ4n) is 8.06. The second-order valence-corrected chi connectivity index (χ2v) is 12.5. The first-order valence-corrected chi connectivity index (χ1v) is 13.6. The number of aliphatic hydroxyl groups is 2. The third-order valence-electron chi connectivity index (χ3n) is 9.74. The van der Waals surface area contributed by atoms with E-state index in [1.165, 1.54) is 12.2 Å². The minimum absolute atomic E-state index is 0.0978. The molecule has 0 aromatic rings. The van der Waals surface area contributed by atoms with Crippen LogP contribution in [0.1, 0.15) is 66.2 Å². The number of carbonyl (C=O) groups is 3. The van der Waals surface area contributed by atoms with E-state index in [9.17, 15) is 24.6 Å². The molecule has 0 aliphatic heterocycles. The highest BCUT2D eigenvalue weighted by atomic mass is 79.9. The standard InChI is InChI=1S/C27H36BrFO6/c1-5-6-7-23(34)35-27(22(33)14-30)15(2)10-17-18-12-20(28)19-11-16(31)8-9-24(19,3)26(18,29)21(32)13-25(17,27)4/h8-9,11,15,17-18,20-21,30,32H,5-7,10,12-14H2,1-4H3/t15-,17-,18-,20-,21-,24-,25-,26-,27-/m0/s1. The van der Waals surface area contributed by atoms with Crippen molar-refractivity contribution in [2.75, 3.05) is 6.61 Å². The number of ether oxygens (including phenoxy) is 1. The van der Waals surface area contributed by atoms with Gasteiger partial charge in [-0.3, -0.25) is 14.4 Å². The van der Waals surface area contributed by atoms with Crippen LogP contribution in [-0.2, 0) is 19.1 Å². The summed E-state index contributed by atoms with van der Waals surface area (Å²) in [5, 5.41) is 21.5. The zero-order valence-electron chi connectivity index (χ0n) is 20.9. The van der Waals surface area contributed by atoms with Crippen LogP contribution in [-0.4, -0.2) is 56.6 Å². The molecule has 0 bridgehead atoms. The Hall–Kier alpha value is -1.38. The Kier molecular flexibility index (Phi) is 6.76. The number of carbonyl (C=O) groups excluding carboxylic acids is 3. The zero-order valence-corrected chi connectivity index (χ0v) is 22.4. The molecule has 0 aromatic carbocycles. The zero-order chi connectivity index (χ0) is 26.0. The number of ketones is 2. The van der Waals surface area contributed by atoms with E-state index in [0.717, 1.165) is 6.42 Å². The normalized spacial score (nSPS) is 46.3. The van der Waals surface area contributed by atoms with E-state index >= 15 is 4.39 Å². The van der Waals surface area contributed by atoms with E-state index in [2.05, 4.69) is 15.9 Å². The number of fused-ring (bicyclic) bond motifs is 5. The maximum absolute atomic E-state index is 17.4. The lowest BCUT2D eigenvalue weighted by Crippen LogP contribution is -2.71. The lowest BCUT2D eigenvalue weighted by Gasteiger charge is -2.63. The molecule has 8 heteroatoms. The molecule has 35 heavy (non-hydrogen) atoms. The summed E-state index contributed by atoms with van der Waals surface area (Å²) in [6.45, 7) is 6.50. The van der Waals surface area contributed by atoms with Crippen molar-refractivity contribution in [2.24, 2.45) is 28.6 Å². The highest BCUT2D eigenvalue weighted by Crippen LogP contribution is 2.71. The summed E-state index contributed by atoms with van der Waals surface area (Å²) in [5.74, 6) is -2.82. The molecule has 3 saturated carbocycles. The van der Waals surface area contributed by atoms with E-state index in [1.54, 1.807) is 13.0 Å². The van der Waals surface area contributed by atoms with Gasteiger partial charge >= 0.3 is 5.97 Å². The van der Waals surface area contributed by atoms with Gasteiger partial charge < -0.3 is 14.9 Å². The molecule has 0 spiro atoms. The van der Waals surface area contributed by atoms with Crippen molar-refractivity contribution in [3.63, 3.8) is 0 Å². The molecule has 194 valence electrons. The van der Waals surface area contributed by atoms with Crippen LogP contribution in [0, 0.1) is 28.6 Å². The second kappa shape index (κ2) is 8.88. The first kappa shape index (κ1) is 26.7. The number of halogens is 2. The molecule has 0 saturated heterocycles. The summed E-state index contributed by atoms with van der Waals surface area (Å²) in [6, 6.07) is 0. The Morgan fingerprint density at radius 1 is 1.26 bits per heavy atom. The first-order chi connectivity index (χ1) is 16.3. The molecule has 0 aromatic heterocycles. The van der Waals surface area contributed by atoms with E-state index in [-0.39, 0.29) is 29.4 Å². The third-order valence-corrected chi connectivity index (χ3v) is 10.6. The first-order valence-electron chi connectivity index (χ1n) is 12.7. The molecule has 4 aliphatic carbocycles. The Morgan fingerprint density at radius 3 is 2.57 bits per heavy atom. The molecule has 2 N–H and O–H groups in total. The lowest BCUT2D eigenvalue weighted by atomic mass is 9.44. The lowest BCUT2D eigenvalue weighted by molar-refractivity contribution is -0.228. The number of alkyl halides is 2. The topological polar surface area (TPSA) is 101 Å². The Balaban J connectivity index is 1.83. The van der Waals surface area contributed by atoms with Gasteiger partial charge in [-0.25, -0.2) is 4.39 Å². The van der Waals surface area contributed by atoms with E-state index in [1.807, 2.05) is 20.8 Å². The van der Waals surface area contributed by atoms with Crippen LogP contribution in [0.25, 0.3) is 0 Å². The monoisotopic (exact) mass is 554 g/mol. The predicted molar refractivity (Wildman–Crippen MR) is 131 cm³/mol. The Labute approximate surface area is 214 Å². The molecule has 0 radical (unpaired) electrons. The van der Waals surface area contributed by atoms with Gasteiger partial charge in [-0.15, -0.1) is 0 Å². The van der Waals surface area contributed by atoms with Crippen molar-refractivity contribution in [1.29, 1.82) is 0 Å². The summed E-state index contributed by atoms with van der Waals surface area (Å²) in [5.41, 5.74) is -5.37. The summed E-state index contributed by atoms with van der Waals surface area (Å²) in [6.07, 6.45) is 5.13. The second-order valence-electron chi connectivity index (χ2n) is 11.4. The molecule has 0 heterocycles. The van der Waals surface area contributed by atoms with Crippen LogP contribution < -0.4 is 0 Å². The molecule has 4 rings (SSSR count). The average Bonchev–Trinajstić information content (AvgIpc) is 3.02. The molecule has 0 unspecified atom stereocenters. The minimum Gasteiger partial charge on any atom is -0.450 e. The van der Waals surface area contributed by atoms with Gasteiger partial charge in [0.15, 0.2) is 17.1 Å². The molecular weight excluding hydrogens is 519 g/mol. The van der Waals surface area contributed by atoms with Crippen LogP contribution in [0.4, 0.5) is 4.39 Å². The Morgan fingerprint density at radius 2 is 1.94 bits per heavy atom. The van der Waals surface area contributed by atoms with Gasteiger partial charge in [0, 0.05) is 33.9 Å². The smallest absolute Gasteiger partial charge is 0.306 e. The number of hydrogen-bond donors (Lipinski definition) is 2. The SMILES string of the molecule is CCCCC(=O)O[C@]1(C(=O)CO)[C@@H](C)C[C@H]2[C@@H]3C[C@H](Br)C4=CC(=O)C=C[C@]4(C)[C@@]3(F)[C@@H](O)C[C@@]21C. The highest BCUT2D eigenvalue weighted by molar-refractivity contribution is 9.09. The highest BCUT2D eigenvalue weighted by Gasteiger charge is 2.77. The summed E-state index contributed by atoms with van der Waals surface area (Å²) in [7, 11) is 0. The number of rotatable bonds is 6. The molecule has 3 fully saturated rings. The molecule has 6 nitrogen and oxygen atoms in total. The maximum Gasteiger partial charge on any atom is 0.306 e. The van der Waals surface area contributed by atoms with Crippen molar-refractivity contribution >= 4 is 33.5 Å². The number of unbranched alkanes of at least 4 members (excludes halogenated alkanes) is 1. The fourth-order valence-corrected chi connectivity index (χ4v) is 9.07. The van der Waals surface area contributed by atoms with Crippen molar-refractivity contribution in [1.82, 2.24) is 0 Å². The molecular formula is C27H36BrFO6. The van der Waals surface area contributed by atoms with Crippen LogP contribution in [0.2, 0.25) is 0 Å². The molecule has 0 amide bonds. The third kappa shape index (κ3) is 3.42. The average molecular weight is 555 g/mol. The number of allylic oxidation sites excluding steroid dienone is 4. The minimum atomic E-state index is -2.07. The maximum atomic E-state index is 17.4. The van der Waals surface area contributed by atoms with Gasteiger partial charge in [0.25, 0.3) is 0 Å². The van der Waals surface area contributed by atoms with Gasteiger partial charge in [0.05, 0.1) is 6.10 Å². The van der Waals surface area contributed by atoms with E-state index < -0.39 is 58.4 Å². The van der Waals surface area contributed by atoms with Gasteiger partial charge in [-0.1, -0.05) is 49.2 Å². The molecule has 4 aliphatic rings. The Bertz CT molecular complexity index is 994. The van der Waals surface area contributed by atoms with Crippen molar-refractivity contribution in [3.8, 4) is 0 Å². The van der Waals surface area contributed by atoms with Crippen molar-refractivity contribution in [3.05, 3.63) is 23.8 Å². The van der Waals surface area contributed by atoms with Crippen LogP contribution in [0.15, 0.2) is 23.8 Å². The number of Topliss-reactive ketones (excluding diaryl/α,β-unsaturated/α-hetero) is 1. The van der Waals surface area contributed by atoms with Gasteiger partial charge in [0.1, 0.15) is 6.61 Å². The molecule has 9 atom stereocenters. The quantitative estimate of drug-likeness (QED) is 0.380. The summed E-state index contributed by atoms with van der Waals surface area (Å²) < 4.78 is 23.4. The number of hydrogen-bond acceptors (Lipinski definition) is 6. The predicted octanol–water partition coefficient (Wildman–Crippen LogP) is 4.01. The summed E-state index contributed by atoms with van der Waals surface area (Å²) >= 11 is 3.67.